The van der Waals surface area contributed by atoms with Crippen molar-refractivity contribution in [2.24, 2.45) is 0 Å². The average molecular weight is 1640 g/mol. The van der Waals surface area contributed by atoms with Gasteiger partial charge >= 0.3 is 0 Å². The van der Waals surface area contributed by atoms with Crippen molar-refractivity contribution < 1.29 is 0 Å². The molecule has 6 heteroatoms. The zero-order valence-corrected chi connectivity index (χ0v) is 70.5. The third-order valence-corrected chi connectivity index (χ3v) is 26.0. The molecule has 4 aromatic heterocycles. The van der Waals surface area contributed by atoms with Crippen LogP contribution in [-0.4, -0.2) is 28.7 Å². The van der Waals surface area contributed by atoms with Crippen LogP contribution in [-0.2, 0) is 0 Å². The zero-order valence-electron chi connectivity index (χ0n) is 70.5. The lowest BCUT2D eigenvalue weighted by Gasteiger charge is -2.29. The van der Waals surface area contributed by atoms with E-state index >= 15 is 0 Å². The number of hydrogen-bond donors (Lipinski definition) is 0. The SMILES string of the molecule is C1=CC(c2nc(-c3ccccc3-n3c4c(-c5ccccc5)cc(-c5ccccc5)cc4c4cc(-c5ccccc5)cc(-c5ccccc5)c43)nc(-n3c4c(-c5ccccc5)cc(-c5ccccc5)cc4c4cc(-c5ccccc5)cc(-c5ccccc5)c43)n2)C(n2c3c(-c4ccccc4)cc(-c4ccccc4)cc3c3cc(-c4ccccc4)cc(-c4ccccc4)c32)C=C1. The molecule has 23 aromatic rings. The van der Waals surface area contributed by atoms with E-state index in [0.717, 1.165) is 210 Å². The van der Waals surface area contributed by atoms with Gasteiger partial charge in [0.15, 0.2) is 5.82 Å². The lowest BCUT2D eigenvalue weighted by molar-refractivity contribution is 0.551. The Kier molecular flexibility index (Phi) is 19.0. The predicted octanol–water partition coefficient (Wildman–Crippen LogP) is 32.3. The summed E-state index contributed by atoms with van der Waals surface area (Å²) in [7, 11) is 0. The van der Waals surface area contributed by atoms with Crippen molar-refractivity contribution in [2.45, 2.75) is 12.0 Å². The van der Waals surface area contributed by atoms with Crippen LogP contribution in [0.4, 0.5) is 0 Å². The molecule has 6 nitrogen and oxygen atoms in total. The molecule has 0 N–H and O–H groups in total. The topological polar surface area (TPSA) is 53.5 Å². The number of fused-ring (bicyclic) bond motifs is 9. The third kappa shape index (κ3) is 13.5. The van der Waals surface area contributed by atoms with Crippen LogP contribution in [0, 0.1) is 0 Å². The summed E-state index contributed by atoms with van der Waals surface area (Å²) in [6.07, 6.45) is 9.21. The third-order valence-electron chi connectivity index (χ3n) is 26.0. The van der Waals surface area contributed by atoms with Gasteiger partial charge in [0.2, 0.25) is 5.95 Å². The molecule has 129 heavy (non-hydrogen) atoms. The van der Waals surface area contributed by atoms with E-state index in [4.69, 9.17) is 15.0 Å². The fourth-order valence-corrected chi connectivity index (χ4v) is 20.1. The van der Waals surface area contributed by atoms with Gasteiger partial charge in [0.05, 0.1) is 50.7 Å². The molecule has 0 bridgehead atoms. The maximum atomic E-state index is 6.36. The lowest BCUT2D eigenvalue weighted by Crippen LogP contribution is -2.21. The molecule has 0 aliphatic heterocycles. The van der Waals surface area contributed by atoms with Gasteiger partial charge in [-0.2, -0.15) is 9.97 Å². The Hall–Kier alpha value is -16.9. The van der Waals surface area contributed by atoms with Crippen molar-refractivity contribution in [1.82, 2.24) is 28.7 Å². The predicted molar refractivity (Wildman–Crippen MR) is 539 cm³/mol. The Bertz CT molecular complexity index is 7840. The van der Waals surface area contributed by atoms with Gasteiger partial charge in [-0.05, 0) is 185 Å². The summed E-state index contributed by atoms with van der Waals surface area (Å²) < 4.78 is 7.64. The summed E-state index contributed by atoms with van der Waals surface area (Å²) in [5.41, 5.74) is 34.2. The van der Waals surface area contributed by atoms with Crippen molar-refractivity contribution in [3.8, 4) is 157 Å². The molecule has 604 valence electrons. The first-order valence-electron chi connectivity index (χ1n) is 44.4. The largest absolute Gasteiger partial charge is 0.331 e. The fraction of sp³-hybridized carbons (Fsp3) is 0.0163. The van der Waals surface area contributed by atoms with Gasteiger partial charge in [0.25, 0.3) is 0 Å². The van der Waals surface area contributed by atoms with E-state index in [1.807, 2.05) is 0 Å². The Morgan fingerprint density at radius 1 is 0.178 bits per heavy atom. The van der Waals surface area contributed by atoms with Crippen LogP contribution in [0.1, 0.15) is 17.8 Å². The smallest absolute Gasteiger partial charge is 0.238 e. The molecule has 24 rings (SSSR count). The van der Waals surface area contributed by atoms with Gasteiger partial charge in [-0.3, -0.25) is 4.57 Å². The molecular weight excluding hydrogens is 1560 g/mol. The van der Waals surface area contributed by atoms with E-state index in [2.05, 4.69) is 499 Å². The highest BCUT2D eigenvalue weighted by atomic mass is 15.2. The molecule has 4 heterocycles. The minimum atomic E-state index is -0.559. The van der Waals surface area contributed by atoms with Gasteiger partial charge < -0.3 is 9.13 Å². The molecular formula is C123H82N6. The van der Waals surface area contributed by atoms with Crippen molar-refractivity contribution >= 4 is 65.4 Å². The minimum absolute atomic E-state index is 0.468. The highest BCUT2D eigenvalue weighted by Crippen LogP contribution is 2.53. The van der Waals surface area contributed by atoms with E-state index in [9.17, 15) is 0 Å². The second-order valence-corrected chi connectivity index (χ2v) is 33.6. The normalized spacial score (nSPS) is 13.2. The Morgan fingerprint density at radius 3 is 0.698 bits per heavy atom. The van der Waals surface area contributed by atoms with Crippen molar-refractivity contribution in [3.05, 3.63) is 491 Å². The Labute approximate surface area is 748 Å². The van der Waals surface area contributed by atoms with Gasteiger partial charge in [-0.1, -0.05) is 400 Å². The molecule has 2 unspecified atom stereocenters. The molecule has 0 saturated carbocycles. The highest BCUT2D eigenvalue weighted by molar-refractivity contribution is 6.23. The van der Waals surface area contributed by atoms with E-state index in [1.54, 1.807) is 0 Å². The van der Waals surface area contributed by atoms with Gasteiger partial charge in [-0.15, -0.1) is 0 Å². The van der Waals surface area contributed by atoms with Crippen LogP contribution in [0.5, 0.6) is 0 Å². The summed E-state index contributed by atoms with van der Waals surface area (Å²) in [6.45, 7) is 0. The average Bonchev–Trinajstić information content (AvgIpc) is 1.56. The minimum Gasteiger partial charge on any atom is -0.331 e. The molecule has 19 aromatic carbocycles. The number of rotatable bonds is 17. The first-order valence-corrected chi connectivity index (χ1v) is 44.4. The maximum Gasteiger partial charge on any atom is 0.238 e. The Balaban J connectivity index is 0.864. The quantitative estimate of drug-likeness (QED) is 0.0913. The van der Waals surface area contributed by atoms with E-state index in [-0.39, 0.29) is 0 Å². The van der Waals surface area contributed by atoms with Crippen LogP contribution < -0.4 is 0 Å². The molecule has 1 aliphatic carbocycles. The number of para-hydroxylation sites is 1. The van der Waals surface area contributed by atoms with E-state index < -0.39 is 12.0 Å². The molecule has 0 saturated heterocycles. The summed E-state index contributed by atoms with van der Waals surface area (Å²) in [4.78, 5) is 19.0. The number of nitrogens with zero attached hydrogens (tertiary/aromatic N) is 6. The summed E-state index contributed by atoms with van der Waals surface area (Å²) >= 11 is 0. The van der Waals surface area contributed by atoms with Crippen molar-refractivity contribution in [1.29, 1.82) is 0 Å². The second-order valence-electron chi connectivity index (χ2n) is 33.6. The first-order chi connectivity index (χ1) is 64.0. The van der Waals surface area contributed by atoms with Crippen LogP contribution in [0.3, 0.4) is 0 Å². The summed E-state index contributed by atoms with van der Waals surface area (Å²) in [6, 6.07) is 168. The standard InChI is InChI=1S/C123H82N6/c1-13-41-81(42-14-1)93-69-101(87-53-25-7-26-54-87)115-107(75-93)108-76-94(82-43-15-2-16-44-82)70-102(88-55-27-8-28-56-88)116(108)127(115)113-67-39-37-65-99(113)121-124-122(126-123(125-121)129-119-105(91-61-33-11-34-62-91)73-97(85-49-21-5-22-50-85)79-111(119)112-80-98(86-51-23-6-24-52-86)74-106(120(112)129)92-63-35-12-36-64-92)100-66-38-40-68-114(100)128-117-103(89-57-29-9-30-58-89)71-95(83-45-17-3-18-46-83)77-109(117)110-78-96(84-47-19-4-20-48-84)72-104(118(110)128)90-59-31-10-32-60-90/h1-80,99,113H. The van der Waals surface area contributed by atoms with Crippen LogP contribution in [0.2, 0.25) is 0 Å². The second kappa shape index (κ2) is 32.3. The molecule has 0 spiro atoms. The maximum absolute atomic E-state index is 6.36. The zero-order chi connectivity index (χ0) is 85.2. The van der Waals surface area contributed by atoms with E-state index in [1.165, 1.54) is 0 Å². The van der Waals surface area contributed by atoms with Crippen LogP contribution >= 0.6 is 0 Å². The number of hydrogen-bond acceptors (Lipinski definition) is 3. The molecule has 0 radical (unpaired) electrons. The fourth-order valence-electron chi connectivity index (χ4n) is 20.1. The van der Waals surface area contributed by atoms with Crippen molar-refractivity contribution in [2.75, 3.05) is 0 Å². The highest BCUT2D eigenvalue weighted by Gasteiger charge is 2.35. The number of benzene rings is 19. The Morgan fingerprint density at radius 2 is 0.411 bits per heavy atom. The van der Waals surface area contributed by atoms with Crippen LogP contribution in [0.15, 0.2) is 485 Å². The lowest BCUT2D eigenvalue weighted by atomic mass is 9.92. The summed E-state index contributed by atoms with van der Waals surface area (Å²) in [5, 5.41) is 6.58. The summed E-state index contributed by atoms with van der Waals surface area (Å²) in [5.74, 6) is 1.00. The molecule has 1 aliphatic rings. The molecule has 2 atom stereocenters. The van der Waals surface area contributed by atoms with Gasteiger partial charge in [0.1, 0.15) is 5.82 Å². The molecule has 0 fully saturated rings. The van der Waals surface area contributed by atoms with Crippen LogP contribution in [0.25, 0.3) is 222 Å². The first kappa shape index (κ1) is 75.8. The van der Waals surface area contributed by atoms with Gasteiger partial charge in [-0.25, -0.2) is 4.98 Å². The van der Waals surface area contributed by atoms with Crippen molar-refractivity contribution in [3.63, 3.8) is 0 Å². The monoisotopic (exact) mass is 1640 g/mol. The number of allylic oxidation sites excluding steroid dienone is 4. The van der Waals surface area contributed by atoms with Gasteiger partial charge in [0, 0.05) is 71.3 Å². The van der Waals surface area contributed by atoms with E-state index in [0.29, 0.717) is 17.6 Å². The molecule has 0 amide bonds. The number of aromatic nitrogens is 6.